The molecule has 0 aliphatic carbocycles. The molecule has 0 unspecified atom stereocenters. The lowest BCUT2D eigenvalue weighted by molar-refractivity contribution is -0.112. The molecule has 1 aliphatic heterocycles. The number of nitrogens with zero attached hydrogens (tertiary/aromatic N) is 2. The van der Waals surface area contributed by atoms with Crippen LogP contribution in [-0.2, 0) is 4.79 Å². The maximum Gasteiger partial charge on any atom is 0.297 e. The number of carbonyl (C=O) groups excluding carboxylic acids is 1. The van der Waals surface area contributed by atoms with Crippen molar-refractivity contribution in [2.45, 2.75) is 6.92 Å². The van der Waals surface area contributed by atoms with E-state index in [9.17, 15) is 9.18 Å². The van der Waals surface area contributed by atoms with Crippen molar-refractivity contribution in [2.75, 3.05) is 0 Å². The summed E-state index contributed by atoms with van der Waals surface area (Å²) in [4.78, 5) is 11.3. The van der Waals surface area contributed by atoms with E-state index in [1.54, 1.807) is 19.1 Å². The molecule has 0 spiro atoms. The van der Waals surface area contributed by atoms with Crippen LogP contribution in [-0.4, -0.2) is 5.91 Å². The Balaban J connectivity index is 2.47. The van der Waals surface area contributed by atoms with Crippen molar-refractivity contribution in [3.8, 4) is 0 Å². The Morgan fingerprint density at radius 1 is 1.14 bits per heavy atom. The van der Waals surface area contributed by atoms with Crippen molar-refractivity contribution in [2.24, 2.45) is 10.2 Å². The number of amides is 1. The molecular formula is C10H7FN2O. The smallest absolute Gasteiger partial charge is 0.265 e. The lowest BCUT2D eigenvalue weighted by Crippen LogP contribution is -1.95. The van der Waals surface area contributed by atoms with Crippen LogP contribution in [0.3, 0.4) is 0 Å². The first-order valence-corrected chi connectivity index (χ1v) is 4.11. The molecule has 0 saturated heterocycles. The largest absolute Gasteiger partial charge is 0.297 e. The molecule has 0 atom stereocenters. The molecule has 0 bridgehead atoms. The summed E-state index contributed by atoms with van der Waals surface area (Å²) in [7, 11) is 0. The Morgan fingerprint density at radius 2 is 1.79 bits per heavy atom. The Kier molecular flexibility index (Phi) is 1.96. The average Bonchev–Trinajstić information content (AvgIpc) is 2.49. The van der Waals surface area contributed by atoms with Crippen LogP contribution >= 0.6 is 0 Å². The minimum Gasteiger partial charge on any atom is -0.265 e. The Hall–Kier alpha value is -1.84. The van der Waals surface area contributed by atoms with Gasteiger partial charge in [-0.3, -0.25) is 4.79 Å². The minimum atomic E-state index is -0.367. The van der Waals surface area contributed by atoms with Gasteiger partial charge in [0.05, 0.1) is 11.3 Å². The minimum absolute atomic E-state index is 0.327. The second-order valence-electron chi connectivity index (χ2n) is 2.97. The van der Waals surface area contributed by atoms with E-state index < -0.39 is 0 Å². The summed E-state index contributed by atoms with van der Waals surface area (Å²) in [6.45, 7) is 1.70. The molecule has 0 fully saturated rings. The highest BCUT2D eigenvalue weighted by atomic mass is 19.1. The highest BCUT2D eigenvalue weighted by Gasteiger charge is 2.19. The maximum absolute atomic E-state index is 12.6. The molecule has 4 heteroatoms. The van der Waals surface area contributed by atoms with Gasteiger partial charge in [0.25, 0.3) is 5.91 Å². The maximum atomic E-state index is 12.6. The van der Waals surface area contributed by atoms with E-state index in [2.05, 4.69) is 10.2 Å². The van der Waals surface area contributed by atoms with Crippen LogP contribution < -0.4 is 0 Å². The van der Waals surface area contributed by atoms with Crippen LogP contribution in [0.25, 0.3) is 5.57 Å². The van der Waals surface area contributed by atoms with Crippen molar-refractivity contribution in [3.05, 3.63) is 41.3 Å². The predicted molar refractivity (Wildman–Crippen MR) is 48.9 cm³/mol. The molecular weight excluding hydrogens is 183 g/mol. The van der Waals surface area contributed by atoms with E-state index in [1.807, 2.05) is 0 Å². The van der Waals surface area contributed by atoms with Crippen LogP contribution in [0.2, 0.25) is 0 Å². The lowest BCUT2D eigenvalue weighted by Gasteiger charge is -1.99. The molecule has 0 N–H and O–H groups in total. The van der Waals surface area contributed by atoms with Crippen LogP contribution in [0, 0.1) is 5.82 Å². The third-order valence-electron chi connectivity index (χ3n) is 2.00. The fourth-order valence-corrected chi connectivity index (χ4v) is 1.32. The highest BCUT2D eigenvalue weighted by molar-refractivity contribution is 6.21. The van der Waals surface area contributed by atoms with Crippen molar-refractivity contribution in [1.82, 2.24) is 0 Å². The predicted octanol–water partition coefficient (Wildman–Crippen LogP) is 2.55. The van der Waals surface area contributed by atoms with Crippen LogP contribution in [0.1, 0.15) is 12.5 Å². The summed E-state index contributed by atoms with van der Waals surface area (Å²) >= 11 is 0. The molecule has 14 heavy (non-hydrogen) atoms. The van der Waals surface area contributed by atoms with Crippen LogP contribution in [0.15, 0.2) is 40.2 Å². The fourth-order valence-electron chi connectivity index (χ4n) is 1.32. The zero-order chi connectivity index (χ0) is 10.1. The molecule has 1 heterocycles. The first-order chi connectivity index (χ1) is 6.68. The molecule has 0 saturated carbocycles. The van der Waals surface area contributed by atoms with E-state index in [4.69, 9.17) is 0 Å². The monoisotopic (exact) mass is 190 g/mol. The molecule has 1 aromatic carbocycles. The van der Waals surface area contributed by atoms with Crippen LogP contribution in [0.4, 0.5) is 4.39 Å². The average molecular weight is 190 g/mol. The second kappa shape index (κ2) is 3.14. The van der Waals surface area contributed by atoms with E-state index in [1.165, 1.54) is 12.1 Å². The Morgan fingerprint density at radius 3 is 2.29 bits per heavy atom. The molecule has 1 amide bonds. The zero-order valence-electron chi connectivity index (χ0n) is 7.49. The fraction of sp³-hybridized carbons (Fsp3) is 0.100. The molecule has 1 aromatic rings. The third-order valence-corrected chi connectivity index (χ3v) is 2.00. The van der Waals surface area contributed by atoms with Gasteiger partial charge in [0, 0.05) is 0 Å². The summed E-state index contributed by atoms with van der Waals surface area (Å²) in [5, 5.41) is 7.07. The zero-order valence-corrected chi connectivity index (χ0v) is 7.49. The van der Waals surface area contributed by atoms with Gasteiger partial charge in [0.15, 0.2) is 0 Å². The van der Waals surface area contributed by atoms with Gasteiger partial charge in [0.2, 0.25) is 0 Å². The summed E-state index contributed by atoms with van der Waals surface area (Å²) in [5.74, 6) is -0.694. The number of benzene rings is 1. The van der Waals surface area contributed by atoms with Gasteiger partial charge in [-0.25, -0.2) is 4.39 Å². The Labute approximate surface area is 80.0 Å². The number of allylic oxidation sites excluding steroid dienone is 1. The van der Waals surface area contributed by atoms with E-state index in [-0.39, 0.29) is 11.7 Å². The SMILES string of the molecule is CC1=C(c2ccc(F)cc2)C(=O)N=N1. The molecule has 70 valence electrons. The normalized spacial score (nSPS) is 15.4. The summed E-state index contributed by atoms with van der Waals surface area (Å²) < 4.78 is 12.6. The van der Waals surface area contributed by atoms with Crippen molar-refractivity contribution >= 4 is 11.5 Å². The van der Waals surface area contributed by atoms with Crippen LogP contribution in [0.5, 0.6) is 0 Å². The molecule has 3 nitrogen and oxygen atoms in total. The van der Waals surface area contributed by atoms with Gasteiger partial charge in [-0.1, -0.05) is 12.1 Å². The Bertz CT molecular complexity index is 446. The topological polar surface area (TPSA) is 41.8 Å². The molecule has 1 aliphatic rings. The number of hydrogen-bond donors (Lipinski definition) is 0. The number of hydrogen-bond acceptors (Lipinski definition) is 2. The first kappa shape index (κ1) is 8.74. The van der Waals surface area contributed by atoms with E-state index in [0.717, 1.165) is 0 Å². The van der Waals surface area contributed by atoms with Gasteiger partial charge in [-0.05, 0) is 24.6 Å². The van der Waals surface area contributed by atoms with Gasteiger partial charge in [-0.15, -0.1) is 5.11 Å². The molecule has 0 radical (unpaired) electrons. The van der Waals surface area contributed by atoms with E-state index >= 15 is 0 Å². The quantitative estimate of drug-likeness (QED) is 0.670. The number of azo groups is 1. The van der Waals surface area contributed by atoms with Gasteiger partial charge in [0.1, 0.15) is 5.82 Å². The third kappa shape index (κ3) is 1.35. The standard InChI is InChI=1S/C10H7FN2O/c1-6-9(10(14)13-12-6)7-2-4-8(11)5-3-7/h2-5H,1H3. The summed E-state index contributed by atoms with van der Waals surface area (Å²) in [6, 6.07) is 5.70. The molecule has 2 rings (SSSR count). The van der Waals surface area contributed by atoms with Crippen molar-refractivity contribution in [1.29, 1.82) is 0 Å². The number of rotatable bonds is 1. The van der Waals surface area contributed by atoms with Gasteiger partial charge in [-0.2, -0.15) is 5.11 Å². The molecule has 0 aromatic heterocycles. The van der Waals surface area contributed by atoms with E-state index in [0.29, 0.717) is 16.8 Å². The second-order valence-corrected chi connectivity index (χ2v) is 2.97. The van der Waals surface area contributed by atoms with Crippen molar-refractivity contribution < 1.29 is 9.18 Å². The summed E-state index contributed by atoms with van der Waals surface area (Å²) in [6.07, 6.45) is 0. The number of carbonyl (C=O) groups is 1. The number of halogens is 1. The van der Waals surface area contributed by atoms with Gasteiger partial charge < -0.3 is 0 Å². The van der Waals surface area contributed by atoms with Crippen molar-refractivity contribution in [3.63, 3.8) is 0 Å². The summed E-state index contributed by atoms with van der Waals surface area (Å²) in [5.41, 5.74) is 1.67. The van der Waals surface area contributed by atoms with Gasteiger partial charge >= 0.3 is 0 Å². The lowest BCUT2D eigenvalue weighted by atomic mass is 10.0. The first-order valence-electron chi connectivity index (χ1n) is 4.11. The highest BCUT2D eigenvalue weighted by Crippen LogP contribution is 2.26.